The fourth-order valence-corrected chi connectivity index (χ4v) is 1.19. The first kappa shape index (κ1) is 12.7. The van der Waals surface area contributed by atoms with Gasteiger partial charge in [-0.15, -0.1) is 0 Å². The predicted molar refractivity (Wildman–Crippen MR) is 41.7 cm³/mol. The minimum Gasteiger partial charge on any atom is -0.275 e. The van der Waals surface area contributed by atoms with Gasteiger partial charge in [-0.05, 0) is 6.42 Å². The molecule has 0 spiro atoms. The molecular weight excluding hydrogens is 206 g/mol. The molecule has 0 aliphatic carbocycles. The molecule has 0 aromatic rings. The summed E-state index contributed by atoms with van der Waals surface area (Å²) in [5.41, 5.74) is 0. The Morgan fingerprint density at radius 3 is 2.56 bits per heavy atom. The maximum atomic E-state index is 10.1. The monoisotopic (exact) mass is 214 g/mol. The minimum atomic E-state index is -0.0709. The normalized spacial score (nSPS) is 8.22. The van der Waals surface area contributed by atoms with Crippen molar-refractivity contribution >= 4 is 28.8 Å². The van der Waals surface area contributed by atoms with Gasteiger partial charge in [0.2, 0.25) is 4.45 Å². The Morgan fingerprint density at radius 1 is 1.67 bits per heavy atom. The number of carbonyl (C=O) groups excluding carboxylic acids is 1. The van der Waals surface area contributed by atoms with E-state index in [0.29, 0.717) is 0 Å². The van der Waals surface area contributed by atoms with E-state index in [1.54, 1.807) is 0 Å². The molecule has 0 aliphatic heterocycles. The van der Waals surface area contributed by atoms with Crippen molar-refractivity contribution in [1.29, 1.82) is 0 Å². The van der Waals surface area contributed by atoms with Crippen molar-refractivity contribution in [2.45, 2.75) is 19.8 Å². The van der Waals surface area contributed by atoms with Gasteiger partial charge in [-0.25, -0.2) is 0 Å². The van der Waals surface area contributed by atoms with Crippen LogP contribution in [0.1, 0.15) is 19.8 Å². The molecule has 0 bridgehead atoms. The average molecular weight is 216 g/mol. The van der Waals surface area contributed by atoms with Crippen LogP contribution in [0.25, 0.3) is 0 Å². The Kier molecular flexibility index (Phi) is 12.6. The summed E-state index contributed by atoms with van der Waals surface area (Å²) in [6.07, 6.45) is 2.25. The average Bonchev–Trinajstić information content (AvgIpc) is 1.66. The van der Waals surface area contributed by atoms with Crippen molar-refractivity contribution in [2.75, 3.05) is 5.75 Å². The number of thioether (sulfide) groups is 1. The Hall–Kier alpha value is 0.993. The van der Waals surface area contributed by atoms with E-state index in [9.17, 15) is 4.79 Å². The summed E-state index contributed by atoms with van der Waals surface area (Å²) < 4.78 is -0.0709. The molecule has 9 heavy (non-hydrogen) atoms. The second kappa shape index (κ2) is 8.99. The third-order valence-electron chi connectivity index (χ3n) is 0.723. The SMILES string of the molecule is CCCCSC(=O)S.[Zn]. The fourth-order valence-electron chi connectivity index (χ4n) is 0.304. The molecule has 0 fully saturated rings. The first-order chi connectivity index (χ1) is 3.77. The Labute approximate surface area is 78.5 Å². The maximum absolute atomic E-state index is 10.1. The van der Waals surface area contributed by atoms with E-state index in [0.717, 1.165) is 18.6 Å². The number of thiol groups is 1. The summed E-state index contributed by atoms with van der Waals surface area (Å²) in [6, 6.07) is 0. The maximum Gasteiger partial charge on any atom is 0.243 e. The van der Waals surface area contributed by atoms with E-state index in [1.165, 1.54) is 11.8 Å². The molecule has 0 atom stereocenters. The van der Waals surface area contributed by atoms with Gasteiger partial charge >= 0.3 is 0 Å². The molecular formula is C5H10OS2Zn. The van der Waals surface area contributed by atoms with Crippen LogP contribution in [-0.2, 0) is 19.5 Å². The Balaban J connectivity index is 0. The van der Waals surface area contributed by atoms with Gasteiger partial charge in [0, 0.05) is 25.2 Å². The van der Waals surface area contributed by atoms with Crippen molar-refractivity contribution in [3.05, 3.63) is 0 Å². The number of unbranched alkanes of at least 4 members (excludes halogenated alkanes) is 1. The summed E-state index contributed by atoms with van der Waals surface area (Å²) in [5.74, 6) is 0.916. The van der Waals surface area contributed by atoms with Crippen LogP contribution in [0.5, 0.6) is 0 Å². The number of hydrogen-bond donors (Lipinski definition) is 1. The molecule has 0 aromatic carbocycles. The molecule has 0 heterocycles. The van der Waals surface area contributed by atoms with Crippen LogP contribution in [0.4, 0.5) is 4.79 Å². The smallest absolute Gasteiger partial charge is 0.243 e. The first-order valence-corrected chi connectivity index (χ1v) is 4.06. The standard InChI is InChI=1S/C5H10OS2.Zn/c1-2-3-4-8-5(6)7;/h2-4H2,1H3,(H,6,7);. The predicted octanol–water partition coefficient (Wildman–Crippen LogP) is 2.57. The molecule has 0 saturated carbocycles. The van der Waals surface area contributed by atoms with Gasteiger partial charge in [0.15, 0.2) is 0 Å². The zero-order valence-electron chi connectivity index (χ0n) is 5.59. The molecule has 0 radical (unpaired) electrons. The second-order valence-electron chi connectivity index (χ2n) is 1.47. The van der Waals surface area contributed by atoms with Crippen molar-refractivity contribution in [3.8, 4) is 0 Å². The minimum absolute atomic E-state index is 0. The molecule has 0 N–H and O–H groups in total. The summed E-state index contributed by atoms with van der Waals surface area (Å²) in [7, 11) is 0. The van der Waals surface area contributed by atoms with Crippen molar-refractivity contribution in [2.24, 2.45) is 0 Å². The van der Waals surface area contributed by atoms with Crippen LogP contribution in [0.2, 0.25) is 0 Å². The molecule has 0 rings (SSSR count). The van der Waals surface area contributed by atoms with Crippen LogP contribution in [-0.4, -0.2) is 10.2 Å². The summed E-state index contributed by atoms with van der Waals surface area (Å²) in [4.78, 5) is 10.1. The number of hydrogen-bond acceptors (Lipinski definition) is 2. The van der Waals surface area contributed by atoms with E-state index < -0.39 is 0 Å². The molecule has 1 nitrogen and oxygen atoms in total. The molecule has 0 unspecified atom stereocenters. The molecule has 50 valence electrons. The molecule has 0 aromatic heterocycles. The molecule has 4 heteroatoms. The van der Waals surface area contributed by atoms with Gasteiger partial charge < -0.3 is 0 Å². The van der Waals surface area contributed by atoms with Crippen molar-refractivity contribution in [3.63, 3.8) is 0 Å². The first-order valence-electron chi connectivity index (χ1n) is 2.63. The molecule has 0 aliphatic rings. The van der Waals surface area contributed by atoms with Gasteiger partial charge in [-0.3, -0.25) is 4.79 Å². The van der Waals surface area contributed by atoms with E-state index >= 15 is 0 Å². The zero-order valence-corrected chi connectivity index (χ0v) is 10.3. The van der Waals surface area contributed by atoms with Gasteiger partial charge in [0.25, 0.3) is 0 Å². The zero-order chi connectivity index (χ0) is 6.41. The van der Waals surface area contributed by atoms with Gasteiger partial charge in [-0.1, -0.05) is 37.7 Å². The van der Waals surface area contributed by atoms with E-state index in [4.69, 9.17) is 0 Å². The topological polar surface area (TPSA) is 17.1 Å². The third-order valence-corrected chi connectivity index (χ3v) is 1.85. The third kappa shape index (κ3) is 12.2. The molecule has 0 saturated heterocycles. The fraction of sp³-hybridized carbons (Fsp3) is 0.800. The summed E-state index contributed by atoms with van der Waals surface area (Å²) in [6.45, 7) is 2.10. The van der Waals surface area contributed by atoms with E-state index in [-0.39, 0.29) is 23.9 Å². The quantitative estimate of drug-likeness (QED) is 0.443. The van der Waals surface area contributed by atoms with Crippen LogP contribution in [0, 0.1) is 0 Å². The number of carbonyl (C=O) groups is 1. The molecule has 0 amide bonds. The largest absolute Gasteiger partial charge is 0.275 e. The summed E-state index contributed by atoms with van der Waals surface area (Å²) in [5, 5.41) is 0. The van der Waals surface area contributed by atoms with Crippen molar-refractivity contribution in [1.82, 2.24) is 0 Å². The van der Waals surface area contributed by atoms with Crippen molar-refractivity contribution < 1.29 is 24.3 Å². The second-order valence-corrected chi connectivity index (χ2v) is 3.24. The van der Waals surface area contributed by atoms with Gasteiger partial charge in [-0.2, -0.15) is 0 Å². The Bertz CT molecular complexity index is 77.4. The van der Waals surface area contributed by atoms with E-state index in [1.807, 2.05) is 0 Å². The van der Waals surface area contributed by atoms with E-state index in [2.05, 4.69) is 19.6 Å². The summed E-state index contributed by atoms with van der Waals surface area (Å²) >= 11 is 4.88. The Morgan fingerprint density at radius 2 is 2.22 bits per heavy atom. The van der Waals surface area contributed by atoms with Crippen LogP contribution in [0.15, 0.2) is 0 Å². The van der Waals surface area contributed by atoms with Gasteiger partial charge in [0.05, 0.1) is 0 Å². The van der Waals surface area contributed by atoms with Gasteiger partial charge in [0.1, 0.15) is 0 Å². The van der Waals surface area contributed by atoms with Crippen LogP contribution >= 0.6 is 24.4 Å². The van der Waals surface area contributed by atoms with Crippen LogP contribution < -0.4 is 0 Å². The van der Waals surface area contributed by atoms with Crippen LogP contribution in [0.3, 0.4) is 0 Å². The number of rotatable bonds is 3.